The molecule has 180 valence electrons. The van der Waals surface area contributed by atoms with Gasteiger partial charge in [-0.3, -0.25) is 4.90 Å². The van der Waals surface area contributed by atoms with Crippen LogP contribution in [-0.4, -0.2) is 75.2 Å². The van der Waals surface area contributed by atoms with Crippen LogP contribution in [0.3, 0.4) is 0 Å². The quantitative estimate of drug-likeness (QED) is 0.635. The monoisotopic (exact) mass is 478 g/mol. The zero-order chi connectivity index (χ0) is 24.6. The number of hydrogen-bond acceptors (Lipinski definition) is 5. The fraction of sp³-hybridized carbons (Fsp3) is 0.565. The highest BCUT2D eigenvalue weighted by molar-refractivity contribution is 6.30. The SMILES string of the molecule is CC(C)(C)OC(=O)NC(Cc1ccc(Cl)cc1)C1=NN=C2CN(C(=O)O)CC[N@+]21C(C)(C)C. The lowest BCUT2D eigenvalue weighted by atomic mass is 9.94. The van der Waals surface area contributed by atoms with Crippen LogP contribution in [0.2, 0.25) is 5.02 Å². The van der Waals surface area contributed by atoms with Crippen LogP contribution in [0.4, 0.5) is 9.59 Å². The van der Waals surface area contributed by atoms with Gasteiger partial charge in [0, 0.05) is 11.4 Å². The lowest BCUT2D eigenvalue weighted by Crippen LogP contribution is -2.74. The molecule has 1 aromatic carbocycles. The van der Waals surface area contributed by atoms with Gasteiger partial charge in [-0.25, -0.2) is 14.1 Å². The molecule has 33 heavy (non-hydrogen) atoms. The van der Waals surface area contributed by atoms with Gasteiger partial charge in [0.05, 0.1) is 6.54 Å². The second-order valence-electron chi connectivity index (χ2n) is 10.4. The third-order valence-electron chi connectivity index (χ3n) is 5.91. The number of alkyl carbamates (subject to hydrolysis) is 1. The molecule has 0 aromatic heterocycles. The second-order valence-corrected chi connectivity index (χ2v) is 10.8. The smallest absolute Gasteiger partial charge is 0.408 e. The first-order valence-electron chi connectivity index (χ1n) is 11.0. The summed E-state index contributed by atoms with van der Waals surface area (Å²) in [4.78, 5) is 25.7. The molecule has 2 atom stereocenters. The maximum absolute atomic E-state index is 12.8. The third-order valence-corrected chi connectivity index (χ3v) is 6.16. The summed E-state index contributed by atoms with van der Waals surface area (Å²) in [5.41, 5.74) is -0.0581. The van der Waals surface area contributed by atoms with Crippen LogP contribution in [0, 0.1) is 0 Å². The largest absolute Gasteiger partial charge is 0.465 e. The predicted octanol–water partition coefficient (Wildman–Crippen LogP) is 4.11. The predicted molar refractivity (Wildman–Crippen MR) is 128 cm³/mol. The van der Waals surface area contributed by atoms with Crippen LogP contribution < -0.4 is 5.32 Å². The summed E-state index contributed by atoms with van der Waals surface area (Å²) in [6.07, 6.45) is -1.08. The summed E-state index contributed by atoms with van der Waals surface area (Å²) < 4.78 is 5.83. The van der Waals surface area contributed by atoms with E-state index in [0.29, 0.717) is 40.7 Å². The zero-order valence-electron chi connectivity index (χ0n) is 20.1. The fourth-order valence-electron chi connectivity index (χ4n) is 4.39. The summed E-state index contributed by atoms with van der Waals surface area (Å²) in [5.74, 6) is 1.32. The first-order valence-corrected chi connectivity index (χ1v) is 11.4. The number of piperazine rings is 1. The molecule has 2 aliphatic rings. The van der Waals surface area contributed by atoms with E-state index in [1.54, 1.807) is 12.1 Å². The Bertz CT molecular complexity index is 978. The van der Waals surface area contributed by atoms with E-state index in [1.807, 2.05) is 32.9 Å². The summed E-state index contributed by atoms with van der Waals surface area (Å²) in [6.45, 7) is 12.6. The number of carbonyl (C=O) groups is 2. The van der Waals surface area contributed by atoms with Crippen LogP contribution >= 0.6 is 11.6 Å². The standard InChI is InChI=1S/C23H32ClN5O4/c1-22(2,3)29-12-11-28(21(31)32)14-18(29)26-27-19(29)17(25-20(30)33-23(4,5)6)13-15-7-9-16(24)10-8-15/h7-10,17H,11-14H2,1-6H3,(H-,25,30,31,32)/p+1/t17?,29-/m0/s1. The molecule has 3 rings (SSSR count). The zero-order valence-corrected chi connectivity index (χ0v) is 20.8. The van der Waals surface area contributed by atoms with Crippen molar-refractivity contribution in [1.29, 1.82) is 0 Å². The van der Waals surface area contributed by atoms with Crippen molar-refractivity contribution in [2.24, 2.45) is 10.2 Å². The van der Waals surface area contributed by atoms with E-state index in [1.165, 1.54) is 4.90 Å². The number of ether oxygens (including phenoxy) is 1. The topological polar surface area (TPSA) is 104 Å². The van der Waals surface area contributed by atoms with Crippen molar-refractivity contribution in [2.45, 2.75) is 65.1 Å². The molecule has 0 aliphatic carbocycles. The van der Waals surface area contributed by atoms with Gasteiger partial charge in [-0.05, 0) is 59.2 Å². The summed E-state index contributed by atoms with van der Waals surface area (Å²) in [5, 5.41) is 22.1. The van der Waals surface area contributed by atoms with E-state index in [4.69, 9.17) is 16.3 Å². The van der Waals surface area contributed by atoms with Crippen molar-refractivity contribution in [1.82, 2.24) is 10.2 Å². The van der Waals surface area contributed by atoms with Gasteiger partial charge in [-0.15, -0.1) is 0 Å². The number of halogens is 1. The van der Waals surface area contributed by atoms with Crippen LogP contribution in [-0.2, 0) is 11.2 Å². The van der Waals surface area contributed by atoms with Crippen LogP contribution in [0.1, 0.15) is 47.1 Å². The number of nitrogens with one attached hydrogen (secondary N) is 1. The fourth-order valence-corrected chi connectivity index (χ4v) is 4.51. The molecule has 2 heterocycles. The molecule has 0 saturated carbocycles. The molecule has 1 fully saturated rings. The molecule has 0 spiro atoms. The average molecular weight is 479 g/mol. The Kier molecular flexibility index (Phi) is 6.77. The Balaban J connectivity index is 1.98. The second kappa shape index (κ2) is 8.95. The number of fused-ring (bicyclic) bond motifs is 1. The lowest BCUT2D eigenvalue weighted by molar-refractivity contribution is -0.806. The van der Waals surface area contributed by atoms with E-state index in [-0.39, 0.29) is 12.1 Å². The minimum atomic E-state index is -0.984. The van der Waals surface area contributed by atoms with Crippen LogP contribution in [0.15, 0.2) is 34.5 Å². The Hall–Kier alpha value is -2.65. The van der Waals surface area contributed by atoms with Crippen LogP contribution in [0.25, 0.3) is 0 Å². The van der Waals surface area contributed by atoms with E-state index < -0.39 is 23.8 Å². The normalized spacial score (nSPS) is 21.6. The maximum atomic E-state index is 12.8. The third kappa shape index (κ3) is 5.30. The first kappa shape index (κ1) is 25.0. The molecular weight excluding hydrogens is 446 g/mol. The molecule has 2 amide bonds. The molecule has 2 aliphatic heterocycles. The van der Waals surface area contributed by atoms with Gasteiger partial charge < -0.3 is 15.2 Å². The summed E-state index contributed by atoms with van der Waals surface area (Å²) in [7, 11) is 0. The highest BCUT2D eigenvalue weighted by Crippen LogP contribution is 2.35. The van der Waals surface area contributed by atoms with E-state index in [0.717, 1.165) is 5.56 Å². The Morgan fingerprint density at radius 3 is 2.36 bits per heavy atom. The van der Waals surface area contributed by atoms with Crippen molar-refractivity contribution in [3.63, 3.8) is 0 Å². The number of quaternary nitrogens is 1. The van der Waals surface area contributed by atoms with E-state index in [9.17, 15) is 14.7 Å². The van der Waals surface area contributed by atoms with Crippen molar-refractivity contribution in [3.8, 4) is 0 Å². The summed E-state index contributed by atoms with van der Waals surface area (Å²) in [6, 6.07) is 6.91. The Morgan fingerprint density at radius 1 is 1.18 bits per heavy atom. The number of benzene rings is 1. The van der Waals surface area contributed by atoms with Gasteiger partial charge in [0.15, 0.2) is 0 Å². The molecule has 10 heteroatoms. The average Bonchev–Trinajstić information content (AvgIpc) is 3.07. The van der Waals surface area contributed by atoms with E-state index >= 15 is 0 Å². The molecule has 1 unspecified atom stereocenters. The number of amides is 2. The number of amidine groups is 2. The molecule has 1 saturated heterocycles. The first-order chi connectivity index (χ1) is 15.2. The minimum absolute atomic E-state index is 0.166. The van der Waals surface area contributed by atoms with Gasteiger partial charge in [0.25, 0.3) is 5.84 Å². The number of hydrogen-bond donors (Lipinski definition) is 2. The molecule has 2 N–H and O–H groups in total. The highest BCUT2D eigenvalue weighted by Gasteiger charge is 2.58. The van der Waals surface area contributed by atoms with Crippen molar-refractivity contribution in [2.75, 3.05) is 19.6 Å². The molecule has 0 bridgehead atoms. The van der Waals surface area contributed by atoms with Gasteiger partial charge in [-0.2, -0.15) is 0 Å². The molecule has 0 radical (unpaired) electrons. The molecule has 1 aromatic rings. The van der Waals surface area contributed by atoms with Gasteiger partial charge in [0.2, 0.25) is 5.84 Å². The minimum Gasteiger partial charge on any atom is -0.465 e. The number of carbonyl (C=O) groups excluding carboxylic acids is 1. The number of nitrogens with zero attached hydrogens (tertiary/aromatic N) is 4. The van der Waals surface area contributed by atoms with E-state index in [2.05, 4.69) is 36.3 Å². The van der Waals surface area contributed by atoms with Crippen molar-refractivity contribution >= 4 is 35.5 Å². The van der Waals surface area contributed by atoms with Gasteiger partial charge in [-0.1, -0.05) is 33.9 Å². The Labute approximate surface area is 199 Å². The molecule has 9 nitrogen and oxygen atoms in total. The van der Waals surface area contributed by atoms with Crippen molar-refractivity contribution < 1.29 is 23.9 Å². The van der Waals surface area contributed by atoms with Gasteiger partial charge >= 0.3 is 12.2 Å². The van der Waals surface area contributed by atoms with Crippen LogP contribution in [0.5, 0.6) is 0 Å². The maximum Gasteiger partial charge on any atom is 0.408 e. The van der Waals surface area contributed by atoms with Crippen molar-refractivity contribution in [3.05, 3.63) is 34.9 Å². The number of rotatable bonds is 4. The number of carboxylic acid groups (broad SMARTS) is 1. The molecular formula is C23H33ClN5O4+. The lowest BCUT2D eigenvalue weighted by Gasteiger charge is -2.50. The summed E-state index contributed by atoms with van der Waals surface area (Å²) >= 11 is 6.06. The van der Waals surface area contributed by atoms with Gasteiger partial charge in [0.1, 0.15) is 30.3 Å². The highest BCUT2D eigenvalue weighted by atomic mass is 35.5. The Morgan fingerprint density at radius 2 is 1.82 bits per heavy atom.